The predicted molar refractivity (Wildman–Crippen MR) is 99.1 cm³/mol. The third-order valence-corrected chi connectivity index (χ3v) is 4.13. The molecule has 0 spiro atoms. The van der Waals surface area contributed by atoms with Gasteiger partial charge in [-0.3, -0.25) is 4.79 Å². The molecule has 0 aliphatic rings. The van der Waals surface area contributed by atoms with Crippen LogP contribution in [0.25, 0.3) is 22.2 Å². The number of nitrogens with zero attached hydrogens (tertiary/aromatic N) is 3. The summed E-state index contributed by atoms with van der Waals surface area (Å²) in [6.07, 6.45) is 1.74. The minimum Gasteiger partial charge on any atom is -0.497 e. The van der Waals surface area contributed by atoms with Gasteiger partial charge in [-0.15, -0.1) is 0 Å². The lowest BCUT2D eigenvalue weighted by molar-refractivity contribution is -0.121. The van der Waals surface area contributed by atoms with Gasteiger partial charge in [0.1, 0.15) is 12.3 Å². The van der Waals surface area contributed by atoms with Crippen molar-refractivity contribution in [2.45, 2.75) is 13.5 Å². The molecule has 0 atom stereocenters. The van der Waals surface area contributed by atoms with E-state index in [1.54, 1.807) is 25.1 Å². The number of benzene rings is 1. The van der Waals surface area contributed by atoms with E-state index in [-0.39, 0.29) is 12.5 Å². The number of fused-ring (bicyclic) bond motifs is 1. The van der Waals surface area contributed by atoms with E-state index in [1.165, 1.54) is 0 Å². The molecule has 0 fully saturated rings. The first kappa shape index (κ1) is 17.9. The van der Waals surface area contributed by atoms with E-state index >= 15 is 0 Å². The van der Waals surface area contributed by atoms with E-state index < -0.39 is 0 Å². The average molecular weight is 354 g/mol. The third kappa shape index (κ3) is 3.67. The molecule has 0 aliphatic heterocycles. The molecule has 7 heteroatoms. The normalized spacial score (nSPS) is 10.9. The summed E-state index contributed by atoms with van der Waals surface area (Å²) in [6.45, 7) is 2.99. The Morgan fingerprint density at radius 2 is 1.96 bits per heavy atom. The maximum atomic E-state index is 12.1. The first-order valence-electron chi connectivity index (χ1n) is 8.36. The van der Waals surface area contributed by atoms with Gasteiger partial charge in [-0.2, -0.15) is 5.10 Å². The number of rotatable bonds is 7. The van der Waals surface area contributed by atoms with Crippen LogP contribution in [0.5, 0.6) is 5.75 Å². The number of ether oxygens (including phenoxy) is 2. The summed E-state index contributed by atoms with van der Waals surface area (Å²) in [7, 11) is 3.24. The zero-order valence-corrected chi connectivity index (χ0v) is 15.2. The lowest BCUT2D eigenvalue weighted by Gasteiger charge is -2.07. The summed E-state index contributed by atoms with van der Waals surface area (Å²) < 4.78 is 11.8. The number of carbonyl (C=O) groups is 1. The number of methoxy groups -OCH3 is 2. The number of nitrogens with one attached hydrogen (secondary N) is 1. The number of hydrogen-bond acceptors (Lipinski definition) is 5. The molecule has 3 rings (SSSR count). The van der Waals surface area contributed by atoms with E-state index in [0.717, 1.165) is 28.0 Å². The van der Waals surface area contributed by atoms with Crippen LogP contribution in [0.1, 0.15) is 5.69 Å². The largest absolute Gasteiger partial charge is 0.497 e. The van der Waals surface area contributed by atoms with Crippen molar-refractivity contribution < 1.29 is 14.3 Å². The standard InChI is InChI=1S/C19H22N4O3/c1-13-18-16(14-4-6-15(26-3)7-5-14)8-9-21-19(18)23(22-13)12-17(24)20-10-11-25-2/h4-9H,10-12H2,1-3H3,(H,20,24). The molecule has 3 aromatic rings. The summed E-state index contributed by atoms with van der Waals surface area (Å²) in [4.78, 5) is 16.5. The molecule has 0 bridgehead atoms. The third-order valence-electron chi connectivity index (χ3n) is 4.13. The molecule has 0 radical (unpaired) electrons. The second kappa shape index (κ2) is 7.97. The minimum absolute atomic E-state index is 0.118. The van der Waals surface area contributed by atoms with Crippen molar-refractivity contribution in [2.24, 2.45) is 0 Å². The molecule has 7 nitrogen and oxygen atoms in total. The van der Waals surface area contributed by atoms with Gasteiger partial charge in [-0.1, -0.05) is 12.1 Å². The van der Waals surface area contributed by atoms with Crippen LogP contribution in [0.2, 0.25) is 0 Å². The van der Waals surface area contributed by atoms with Crippen LogP contribution in [0.15, 0.2) is 36.5 Å². The Hall–Kier alpha value is -2.93. The van der Waals surface area contributed by atoms with Gasteiger partial charge in [0.05, 0.1) is 19.4 Å². The fourth-order valence-corrected chi connectivity index (χ4v) is 2.89. The number of amides is 1. The van der Waals surface area contributed by atoms with Crippen LogP contribution in [0, 0.1) is 6.92 Å². The number of pyridine rings is 1. The van der Waals surface area contributed by atoms with Crippen LogP contribution in [0.3, 0.4) is 0 Å². The summed E-state index contributed by atoms with van der Waals surface area (Å²) in [5.74, 6) is 0.683. The van der Waals surface area contributed by atoms with Gasteiger partial charge in [0.15, 0.2) is 5.65 Å². The van der Waals surface area contributed by atoms with Crippen molar-refractivity contribution in [2.75, 3.05) is 27.4 Å². The smallest absolute Gasteiger partial charge is 0.241 e. The van der Waals surface area contributed by atoms with E-state index in [9.17, 15) is 4.79 Å². The first-order chi connectivity index (χ1) is 12.6. The van der Waals surface area contributed by atoms with Crippen LogP contribution in [-0.2, 0) is 16.1 Å². The molecule has 2 heterocycles. The van der Waals surface area contributed by atoms with Gasteiger partial charge >= 0.3 is 0 Å². The molecule has 136 valence electrons. The van der Waals surface area contributed by atoms with Crippen LogP contribution in [-0.4, -0.2) is 48.0 Å². The summed E-state index contributed by atoms with van der Waals surface area (Å²) >= 11 is 0. The highest BCUT2D eigenvalue weighted by molar-refractivity contribution is 5.95. The van der Waals surface area contributed by atoms with Crippen LogP contribution in [0.4, 0.5) is 0 Å². The highest BCUT2D eigenvalue weighted by Gasteiger charge is 2.15. The quantitative estimate of drug-likeness (QED) is 0.658. The Morgan fingerprint density at radius 3 is 2.65 bits per heavy atom. The van der Waals surface area contributed by atoms with E-state index in [1.807, 2.05) is 37.3 Å². The van der Waals surface area contributed by atoms with Crippen LogP contribution >= 0.6 is 0 Å². The molecule has 0 saturated carbocycles. The van der Waals surface area contributed by atoms with Gasteiger partial charge in [-0.25, -0.2) is 9.67 Å². The van der Waals surface area contributed by atoms with Crippen molar-refractivity contribution in [3.8, 4) is 16.9 Å². The van der Waals surface area contributed by atoms with E-state index in [0.29, 0.717) is 18.8 Å². The van der Waals surface area contributed by atoms with Gasteiger partial charge in [0, 0.05) is 25.2 Å². The van der Waals surface area contributed by atoms with E-state index in [4.69, 9.17) is 9.47 Å². The second-order valence-corrected chi connectivity index (χ2v) is 5.87. The molecule has 26 heavy (non-hydrogen) atoms. The Morgan fingerprint density at radius 1 is 1.19 bits per heavy atom. The van der Waals surface area contributed by atoms with Crippen molar-refractivity contribution in [1.29, 1.82) is 0 Å². The van der Waals surface area contributed by atoms with Crippen molar-refractivity contribution in [3.63, 3.8) is 0 Å². The molecule has 0 aliphatic carbocycles. The monoisotopic (exact) mass is 354 g/mol. The second-order valence-electron chi connectivity index (χ2n) is 5.87. The molecule has 0 saturated heterocycles. The Labute approximate surface area is 151 Å². The zero-order valence-electron chi connectivity index (χ0n) is 15.2. The lowest BCUT2D eigenvalue weighted by atomic mass is 10.0. The van der Waals surface area contributed by atoms with Crippen LogP contribution < -0.4 is 10.1 Å². The number of aryl methyl sites for hydroxylation is 1. The van der Waals surface area contributed by atoms with Gasteiger partial charge in [0.25, 0.3) is 0 Å². The molecule has 0 unspecified atom stereocenters. The topological polar surface area (TPSA) is 78.3 Å². The first-order valence-corrected chi connectivity index (χ1v) is 8.36. The highest BCUT2D eigenvalue weighted by atomic mass is 16.5. The molecular weight excluding hydrogens is 332 g/mol. The zero-order chi connectivity index (χ0) is 18.5. The lowest BCUT2D eigenvalue weighted by Crippen LogP contribution is -2.30. The maximum absolute atomic E-state index is 12.1. The molecule has 1 aromatic carbocycles. The molecule has 1 amide bonds. The Balaban J connectivity index is 1.93. The fraction of sp³-hybridized carbons (Fsp3) is 0.316. The Kier molecular flexibility index (Phi) is 5.48. The molecule has 2 aromatic heterocycles. The van der Waals surface area contributed by atoms with Gasteiger partial charge in [-0.05, 0) is 36.2 Å². The van der Waals surface area contributed by atoms with Crippen molar-refractivity contribution in [1.82, 2.24) is 20.1 Å². The summed E-state index contributed by atoms with van der Waals surface area (Å²) in [5, 5.41) is 8.26. The van der Waals surface area contributed by atoms with Gasteiger partial charge in [0.2, 0.25) is 5.91 Å². The minimum atomic E-state index is -0.122. The number of hydrogen-bond donors (Lipinski definition) is 1. The highest BCUT2D eigenvalue weighted by Crippen LogP contribution is 2.30. The number of aromatic nitrogens is 3. The van der Waals surface area contributed by atoms with E-state index in [2.05, 4.69) is 15.4 Å². The van der Waals surface area contributed by atoms with Gasteiger partial charge < -0.3 is 14.8 Å². The molecular formula is C19H22N4O3. The number of carbonyl (C=O) groups excluding carboxylic acids is 1. The summed E-state index contributed by atoms with van der Waals surface area (Å²) in [6, 6.07) is 9.81. The Bertz CT molecular complexity index is 903. The molecule has 1 N–H and O–H groups in total. The van der Waals surface area contributed by atoms with Crippen molar-refractivity contribution in [3.05, 3.63) is 42.2 Å². The fourth-order valence-electron chi connectivity index (χ4n) is 2.89. The predicted octanol–water partition coefficient (Wildman–Crippen LogP) is 2.18. The SMILES string of the molecule is COCCNC(=O)Cn1nc(C)c2c(-c3ccc(OC)cc3)ccnc21. The average Bonchev–Trinajstić information content (AvgIpc) is 2.98. The van der Waals surface area contributed by atoms with Crippen molar-refractivity contribution >= 4 is 16.9 Å². The maximum Gasteiger partial charge on any atom is 0.241 e. The summed E-state index contributed by atoms with van der Waals surface area (Å²) in [5.41, 5.74) is 3.60.